The summed E-state index contributed by atoms with van der Waals surface area (Å²) in [6.45, 7) is 0.695. The Morgan fingerprint density at radius 2 is 2.26 bits per heavy atom. The van der Waals surface area contributed by atoms with Gasteiger partial charge >= 0.3 is 0 Å². The van der Waals surface area contributed by atoms with Crippen molar-refractivity contribution in [3.05, 3.63) is 28.2 Å². The maximum atomic E-state index is 11.9. The maximum Gasteiger partial charge on any atom is 0.169 e. The molecule has 1 saturated heterocycles. The van der Waals surface area contributed by atoms with Gasteiger partial charge in [0, 0.05) is 34.5 Å². The van der Waals surface area contributed by atoms with Crippen LogP contribution in [0.2, 0.25) is 0 Å². The standard InChI is InChI=1S/C12H13BrN2O2S2/c1-19(16,17)12-8-18-5-4-15(12)10-3-2-9(7-14)11(13)6-10/h2-3,6,12H,4-5,8H2,1H3. The molecule has 1 fully saturated rings. The summed E-state index contributed by atoms with van der Waals surface area (Å²) >= 11 is 5.00. The summed E-state index contributed by atoms with van der Waals surface area (Å²) in [5.74, 6) is 1.49. The summed E-state index contributed by atoms with van der Waals surface area (Å²) < 4.78 is 24.4. The van der Waals surface area contributed by atoms with Gasteiger partial charge in [-0.15, -0.1) is 0 Å². The molecule has 0 N–H and O–H groups in total. The van der Waals surface area contributed by atoms with Crippen LogP contribution in [-0.4, -0.2) is 38.1 Å². The van der Waals surface area contributed by atoms with Crippen LogP contribution in [0, 0.1) is 11.3 Å². The second-order valence-corrected chi connectivity index (χ2v) is 8.54. The zero-order chi connectivity index (χ0) is 14.0. The minimum absolute atomic E-state index is 0.494. The second-order valence-electron chi connectivity index (χ2n) is 4.33. The molecule has 1 heterocycles. The Kier molecular flexibility index (Phi) is 4.43. The molecule has 102 valence electrons. The summed E-state index contributed by atoms with van der Waals surface area (Å²) in [5.41, 5.74) is 1.38. The van der Waals surface area contributed by atoms with Gasteiger partial charge in [0.1, 0.15) is 11.4 Å². The van der Waals surface area contributed by atoms with Gasteiger partial charge in [-0.05, 0) is 34.1 Å². The van der Waals surface area contributed by atoms with Crippen molar-refractivity contribution in [2.24, 2.45) is 0 Å². The van der Waals surface area contributed by atoms with Crippen LogP contribution in [0.15, 0.2) is 22.7 Å². The van der Waals surface area contributed by atoms with Crippen molar-refractivity contribution < 1.29 is 8.42 Å². The number of hydrogen-bond acceptors (Lipinski definition) is 5. The normalized spacial score (nSPS) is 20.1. The first kappa shape index (κ1) is 14.7. The molecule has 1 aliphatic heterocycles. The zero-order valence-electron chi connectivity index (χ0n) is 10.3. The molecule has 19 heavy (non-hydrogen) atoms. The summed E-state index contributed by atoms with van der Waals surface area (Å²) in [6, 6.07) is 7.40. The Morgan fingerprint density at radius 3 is 2.84 bits per heavy atom. The Labute approximate surface area is 125 Å². The van der Waals surface area contributed by atoms with E-state index in [1.54, 1.807) is 23.9 Å². The van der Waals surface area contributed by atoms with Crippen LogP contribution in [0.3, 0.4) is 0 Å². The Morgan fingerprint density at radius 1 is 1.53 bits per heavy atom. The molecule has 0 aromatic heterocycles. The van der Waals surface area contributed by atoms with Crippen LogP contribution in [0.25, 0.3) is 0 Å². The van der Waals surface area contributed by atoms with Crippen LogP contribution in [0.4, 0.5) is 5.69 Å². The predicted molar refractivity (Wildman–Crippen MR) is 82.2 cm³/mol. The lowest BCUT2D eigenvalue weighted by Gasteiger charge is -2.36. The van der Waals surface area contributed by atoms with Crippen LogP contribution >= 0.6 is 27.7 Å². The molecule has 4 nitrogen and oxygen atoms in total. The molecule has 0 radical (unpaired) electrons. The van der Waals surface area contributed by atoms with E-state index in [1.165, 1.54) is 6.26 Å². The molecule has 1 unspecified atom stereocenters. The molecule has 0 bridgehead atoms. The van der Waals surface area contributed by atoms with Gasteiger partial charge in [-0.2, -0.15) is 17.0 Å². The summed E-state index contributed by atoms with van der Waals surface area (Å²) in [6.07, 6.45) is 1.27. The quantitative estimate of drug-likeness (QED) is 0.809. The summed E-state index contributed by atoms with van der Waals surface area (Å²) in [5, 5.41) is 8.41. The molecule has 1 aromatic carbocycles. The first-order valence-electron chi connectivity index (χ1n) is 5.66. The Bertz CT molecular complexity index is 625. The number of sulfone groups is 1. The second kappa shape index (κ2) is 5.73. The maximum absolute atomic E-state index is 11.9. The molecule has 1 atom stereocenters. The van der Waals surface area contributed by atoms with E-state index >= 15 is 0 Å². The number of halogens is 1. The topological polar surface area (TPSA) is 61.2 Å². The average Bonchev–Trinajstić information content (AvgIpc) is 2.37. The minimum atomic E-state index is -3.13. The number of hydrogen-bond donors (Lipinski definition) is 0. The zero-order valence-corrected chi connectivity index (χ0v) is 13.6. The number of thioether (sulfide) groups is 1. The minimum Gasteiger partial charge on any atom is -0.353 e. The third kappa shape index (κ3) is 3.25. The molecule has 0 aliphatic carbocycles. The fraction of sp³-hybridized carbons (Fsp3) is 0.417. The van der Waals surface area contributed by atoms with E-state index in [1.807, 2.05) is 11.0 Å². The molecular weight excluding hydrogens is 348 g/mol. The fourth-order valence-electron chi connectivity index (χ4n) is 2.00. The van der Waals surface area contributed by atoms with E-state index < -0.39 is 15.2 Å². The van der Waals surface area contributed by atoms with Gasteiger partial charge in [-0.1, -0.05) is 0 Å². The van der Waals surface area contributed by atoms with Gasteiger partial charge < -0.3 is 4.90 Å². The molecular formula is C12H13BrN2O2S2. The average molecular weight is 361 g/mol. The monoisotopic (exact) mass is 360 g/mol. The van der Waals surface area contributed by atoms with E-state index in [-0.39, 0.29) is 0 Å². The van der Waals surface area contributed by atoms with Gasteiger partial charge in [-0.25, -0.2) is 8.42 Å². The first-order chi connectivity index (χ1) is 8.93. The highest BCUT2D eigenvalue weighted by Crippen LogP contribution is 2.30. The van der Waals surface area contributed by atoms with Crippen LogP contribution in [-0.2, 0) is 9.84 Å². The van der Waals surface area contributed by atoms with E-state index in [2.05, 4.69) is 22.0 Å². The van der Waals surface area contributed by atoms with Crippen LogP contribution < -0.4 is 4.90 Å². The SMILES string of the molecule is CS(=O)(=O)C1CSCCN1c1ccc(C#N)c(Br)c1. The third-order valence-electron chi connectivity index (χ3n) is 2.98. The molecule has 1 aromatic rings. The van der Waals surface area contributed by atoms with Crippen molar-refractivity contribution in [3.8, 4) is 6.07 Å². The van der Waals surface area contributed by atoms with Crippen molar-refractivity contribution in [1.82, 2.24) is 0 Å². The molecule has 0 spiro atoms. The van der Waals surface area contributed by atoms with Gasteiger partial charge in [0.05, 0.1) is 5.56 Å². The molecule has 7 heteroatoms. The third-order valence-corrected chi connectivity index (χ3v) is 6.28. The number of benzene rings is 1. The first-order valence-corrected chi connectivity index (χ1v) is 9.56. The van der Waals surface area contributed by atoms with E-state index in [9.17, 15) is 8.42 Å². The van der Waals surface area contributed by atoms with Crippen molar-refractivity contribution >= 4 is 43.2 Å². The molecule has 0 saturated carbocycles. The lowest BCUT2D eigenvalue weighted by atomic mass is 10.2. The number of nitrogens with zero attached hydrogens (tertiary/aromatic N) is 2. The Hall–Kier alpha value is -0.710. The van der Waals surface area contributed by atoms with Gasteiger partial charge in [0.15, 0.2) is 9.84 Å². The molecule has 0 amide bonds. The number of anilines is 1. The van der Waals surface area contributed by atoms with Crippen molar-refractivity contribution in [1.29, 1.82) is 5.26 Å². The van der Waals surface area contributed by atoms with E-state index in [0.717, 1.165) is 11.4 Å². The number of rotatable bonds is 2. The highest BCUT2D eigenvalue weighted by atomic mass is 79.9. The van der Waals surface area contributed by atoms with Crippen molar-refractivity contribution in [3.63, 3.8) is 0 Å². The van der Waals surface area contributed by atoms with Gasteiger partial charge in [0.25, 0.3) is 0 Å². The largest absolute Gasteiger partial charge is 0.353 e. The Balaban J connectivity index is 2.39. The molecule has 2 rings (SSSR count). The number of nitriles is 1. The van der Waals surface area contributed by atoms with E-state index in [4.69, 9.17) is 5.26 Å². The summed E-state index contributed by atoms with van der Waals surface area (Å²) in [4.78, 5) is 1.90. The lowest BCUT2D eigenvalue weighted by Crippen LogP contribution is -2.47. The molecule has 1 aliphatic rings. The van der Waals surface area contributed by atoms with Crippen LogP contribution in [0.5, 0.6) is 0 Å². The van der Waals surface area contributed by atoms with E-state index in [0.29, 0.717) is 22.3 Å². The van der Waals surface area contributed by atoms with Crippen molar-refractivity contribution in [2.45, 2.75) is 5.37 Å². The van der Waals surface area contributed by atoms with Gasteiger partial charge in [-0.3, -0.25) is 0 Å². The predicted octanol–water partition coefficient (Wildman–Crippen LogP) is 2.24. The van der Waals surface area contributed by atoms with Gasteiger partial charge in [0.2, 0.25) is 0 Å². The highest BCUT2D eigenvalue weighted by molar-refractivity contribution is 9.10. The fourth-order valence-corrected chi connectivity index (χ4v) is 5.30. The lowest BCUT2D eigenvalue weighted by molar-refractivity contribution is 0.584. The summed E-state index contributed by atoms with van der Waals surface area (Å²) in [7, 11) is -3.13. The van der Waals surface area contributed by atoms with Crippen LogP contribution in [0.1, 0.15) is 5.56 Å². The van der Waals surface area contributed by atoms with Crippen molar-refractivity contribution in [2.75, 3.05) is 29.2 Å². The highest BCUT2D eigenvalue weighted by Gasteiger charge is 2.31. The smallest absolute Gasteiger partial charge is 0.169 e.